The van der Waals surface area contributed by atoms with Gasteiger partial charge in [-0.2, -0.15) is 0 Å². The molecule has 23 heavy (non-hydrogen) atoms. The fourth-order valence-electron chi connectivity index (χ4n) is 2.03. The van der Waals surface area contributed by atoms with Gasteiger partial charge in [0.2, 0.25) is 5.91 Å². The normalized spacial score (nSPS) is 11.1. The molecule has 2 aromatic carbocycles. The minimum Gasteiger partial charge on any atom is -0.489 e. The van der Waals surface area contributed by atoms with Crippen molar-refractivity contribution in [1.29, 1.82) is 0 Å². The maximum Gasteiger partial charge on any atom is 0.227 e. The van der Waals surface area contributed by atoms with Crippen LogP contribution in [-0.2, 0) is 17.9 Å². The van der Waals surface area contributed by atoms with E-state index in [4.69, 9.17) is 10.5 Å². The predicted octanol–water partition coefficient (Wildman–Crippen LogP) is 2.87. The molecule has 0 aliphatic rings. The number of hydrogen-bond donors (Lipinski definition) is 2. The molecule has 0 radical (unpaired) electrons. The van der Waals surface area contributed by atoms with Crippen LogP contribution in [0.2, 0.25) is 0 Å². The van der Waals surface area contributed by atoms with Gasteiger partial charge in [-0.1, -0.05) is 48.5 Å². The summed E-state index contributed by atoms with van der Waals surface area (Å²) in [6.07, 6.45) is 0. The van der Waals surface area contributed by atoms with Gasteiger partial charge in [-0.15, -0.1) is 0 Å². The van der Waals surface area contributed by atoms with Gasteiger partial charge in [0.05, 0.1) is 5.41 Å². The van der Waals surface area contributed by atoms with E-state index in [1.807, 2.05) is 68.4 Å². The van der Waals surface area contributed by atoms with Crippen molar-refractivity contribution >= 4 is 5.91 Å². The van der Waals surface area contributed by atoms with Crippen LogP contribution >= 0.6 is 0 Å². The van der Waals surface area contributed by atoms with Crippen molar-refractivity contribution in [2.24, 2.45) is 11.1 Å². The summed E-state index contributed by atoms with van der Waals surface area (Å²) in [7, 11) is 0. The van der Waals surface area contributed by atoms with Gasteiger partial charge in [0.1, 0.15) is 12.4 Å². The molecule has 0 heterocycles. The number of rotatable bonds is 7. The van der Waals surface area contributed by atoms with Gasteiger partial charge < -0.3 is 15.8 Å². The third kappa shape index (κ3) is 4.83. The van der Waals surface area contributed by atoms with Crippen LogP contribution in [-0.4, -0.2) is 12.5 Å². The van der Waals surface area contributed by atoms with Crippen LogP contribution in [0.1, 0.15) is 25.0 Å². The number of ether oxygens (including phenoxy) is 1. The first-order valence-electron chi connectivity index (χ1n) is 7.76. The summed E-state index contributed by atoms with van der Waals surface area (Å²) in [5.41, 5.74) is 7.12. The second-order valence-corrected chi connectivity index (χ2v) is 6.15. The standard InChI is InChI=1S/C19H24N2O2/c1-19(2,14-20)18(22)21-12-16-10-6-7-11-17(16)23-13-15-8-4-3-5-9-15/h3-11H,12-14,20H2,1-2H3,(H,21,22). The van der Waals surface area contributed by atoms with E-state index in [9.17, 15) is 4.79 Å². The monoisotopic (exact) mass is 312 g/mol. The van der Waals surface area contributed by atoms with Crippen molar-refractivity contribution in [2.75, 3.05) is 6.54 Å². The van der Waals surface area contributed by atoms with E-state index in [-0.39, 0.29) is 5.91 Å². The molecule has 0 aliphatic carbocycles. The Bertz CT molecular complexity index is 639. The van der Waals surface area contributed by atoms with Gasteiger partial charge in [-0.3, -0.25) is 4.79 Å². The number of amides is 1. The van der Waals surface area contributed by atoms with Crippen LogP contribution in [0.25, 0.3) is 0 Å². The Morgan fingerprint density at radius 3 is 2.43 bits per heavy atom. The van der Waals surface area contributed by atoms with Crippen molar-refractivity contribution in [3.8, 4) is 5.75 Å². The minimum absolute atomic E-state index is 0.0575. The summed E-state index contributed by atoms with van der Waals surface area (Å²) in [6, 6.07) is 17.7. The summed E-state index contributed by atoms with van der Waals surface area (Å²) in [6.45, 7) is 4.90. The Kier molecular flexibility index (Phi) is 5.77. The largest absolute Gasteiger partial charge is 0.489 e. The fourth-order valence-corrected chi connectivity index (χ4v) is 2.03. The Hall–Kier alpha value is -2.33. The van der Waals surface area contributed by atoms with Gasteiger partial charge in [0.25, 0.3) is 0 Å². The molecule has 0 aliphatic heterocycles. The maximum atomic E-state index is 12.1. The van der Waals surface area contributed by atoms with Crippen LogP contribution in [0.4, 0.5) is 0 Å². The molecule has 0 fully saturated rings. The molecule has 0 saturated heterocycles. The quantitative estimate of drug-likeness (QED) is 0.826. The van der Waals surface area contributed by atoms with Crippen molar-refractivity contribution in [2.45, 2.75) is 27.0 Å². The summed E-state index contributed by atoms with van der Waals surface area (Å²) < 4.78 is 5.89. The van der Waals surface area contributed by atoms with Crippen LogP contribution < -0.4 is 15.8 Å². The molecule has 2 rings (SSSR count). The highest BCUT2D eigenvalue weighted by molar-refractivity contribution is 5.82. The van der Waals surface area contributed by atoms with Gasteiger partial charge >= 0.3 is 0 Å². The molecule has 4 nitrogen and oxygen atoms in total. The smallest absolute Gasteiger partial charge is 0.227 e. The maximum absolute atomic E-state index is 12.1. The Morgan fingerprint density at radius 1 is 1.09 bits per heavy atom. The SMILES string of the molecule is CC(C)(CN)C(=O)NCc1ccccc1OCc1ccccc1. The summed E-state index contributed by atoms with van der Waals surface area (Å²) in [5.74, 6) is 0.722. The molecule has 122 valence electrons. The predicted molar refractivity (Wildman–Crippen MR) is 91.9 cm³/mol. The number of carbonyl (C=O) groups is 1. The first kappa shape index (κ1) is 17.0. The number of carbonyl (C=O) groups excluding carboxylic acids is 1. The van der Waals surface area contributed by atoms with E-state index in [1.165, 1.54) is 0 Å². The van der Waals surface area contributed by atoms with Crippen molar-refractivity contribution in [1.82, 2.24) is 5.32 Å². The highest BCUT2D eigenvalue weighted by Gasteiger charge is 2.25. The lowest BCUT2D eigenvalue weighted by Crippen LogP contribution is -2.41. The van der Waals surface area contributed by atoms with Gasteiger partial charge in [-0.25, -0.2) is 0 Å². The molecule has 3 N–H and O–H groups in total. The molecular weight excluding hydrogens is 288 g/mol. The zero-order valence-corrected chi connectivity index (χ0v) is 13.7. The van der Waals surface area contributed by atoms with E-state index in [0.29, 0.717) is 19.7 Å². The number of nitrogens with one attached hydrogen (secondary N) is 1. The average Bonchev–Trinajstić information content (AvgIpc) is 2.59. The summed E-state index contributed by atoms with van der Waals surface area (Å²) in [4.78, 5) is 12.1. The Balaban J connectivity index is 1.99. The number of hydrogen-bond acceptors (Lipinski definition) is 3. The molecule has 0 spiro atoms. The number of para-hydroxylation sites is 1. The molecule has 2 aromatic rings. The highest BCUT2D eigenvalue weighted by Crippen LogP contribution is 2.20. The molecule has 4 heteroatoms. The van der Waals surface area contributed by atoms with Gasteiger partial charge in [0, 0.05) is 18.7 Å². The van der Waals surface area contributed by atoms with Crippen LogP contribution in [0.3, 0.4) is 0 Å². The summed E-state index contributed by atoms with van der Waals surface area (Å²) >= 11 is 0. The second kappa shape index (κ2) is 7.79. The zero-order valence-electron chi connectivity index (χ0n) is 13.7. The van der Waals surface area contributed by atoms with E-state index in [2.05, 4.69) is 5.32 Å². The van der Waals surface area contributed by atoms with E-state index in [0.717, 1.165) is 16.9 Å². The van der Waals surface area contributed by atoms with Crippen LogP contribution in [0.15, 0.2) is 54.6 Å². The average molecular weight is 312 g/mol. The second-order valence-electron chi connectivity index (χ2n) is 6.15. The topological polar surface area (TPSA) is 64.4 Å². The highest BCUT2D eigenvalue weighted by atomic mass is 16.5. The molecule has 1 amide bonds. The van der Waals surface area contributed by atoms with Crippen molar-refractivity contribution in [3.63, 3.8) is 0 Å². The van der Waals surface area contributed by atoms with Crippen molar-refractivity contribution < 1.29 is 9.53 Å². The van der Waals surface area contributed by atoms with Crippen LogP contribution in [0, 0.1) is 5.41 Å². The molecule has 0 unspecified atom stereocenters. The lowest BCUT2D eigenvalue weighted by Gasteiger charge is -2.21. The van der Waals surface area contributed by atoms with Gasteiger partial charge in [0.15, 0.2) is 0 Å². The molecule has 0 atom stereocenters. The van der Waals surface area contributed by atoms with Crippen LogP contribution in [0.5, 0.6) is 5.75 Å². The van der Waals surface area contributed by atoms with E-state index in [1.54, 1.807) is 0 Å². The van der Waals surface area contributed by atoms with Gasteiger partial charge in [-0.05, 0) is 25.5 Å². The van der Waals surface area contributed by atoms with E-state index >= 15 is 0 Å². The third-order valence-electron chi connectivity index (χ3n) is 3.77. The fraction of sp³-hybridized carbons (Fsp3) is 0.316. The zero-order chi connectivity index (χ0) is 16.7. The Morgan fingerprint density at radius 2 is 1.74 bits per heavy atom. The molecule has 0 saturated carbocycles. The number of nitrogens with two attached hydrogens (primary N) is 1. The first-order chi connectivity index (χ1) is 11.0. The minimum atomic E-state index is -0.570. The lowest BCUT2D eigenvalue weighted by molar-refractivity contribution is -0.129. The molecular formula is C19H24N2O2. The molecule has 0 aromatic heterocycles. The lowest BCUT2D eigenvalue weighted by atomic mass is 9.92. The molecule has 0 bridgehead atoms. The first-order valence-corrected chi connectivity index (χ1v) is 7.76. The Labute approximate surface area is 137 Å². The summed E-state index contributed by atoms with van der Waals surface area (Å²) in [5, 5.41) is 2.93. The van der Waals surface area contributed by atoms with Crippen molar-refractivity contribution in [3.05, 3.63) is 65.7 Å². The van der Waals surface area contributed by atoms with E-state index < -0.39 is 5.41 Å². The third-order valence-corrected chi connectivity index (χ3v) is 3.77. The number of benzene rings is 2.